The number of rotatable bonds is 6. The van der Waals surface area contributed by atoms with E-state index in [0.717, 1.165) is 52.3 Å². The quantitative estimate of drug-likeness (QED) is 0.432. The lowest BCUT2D eigenvalue weighted by Gasteiger charge is -2.28. The fourth-order valence-electron chi connectivity index (χ4n) is 4.79. The van der Waals surface area contributed by atoms with E-state index < -0.39 is 0 Å². The lowest BCUT2D eigenvalue weighted by molar-refractivity contribution is -0.116. The van der Waals surface area contributed by atoms with Crippen LogP contribution >= 0.6 is 0 Å². The molecule has 2 aromatic carbocycles. The molecule has 1 aliphatic rings. The average Bonchev–Trinajstić information content (AvgIpc) is 3.39. The summed E-state index contributed by atoms with van der Waals surface area (Å²) >= 11 is 0. The molecular formula is C27H31N5O2. The van der Waals surface area contributed by atoms with Gasteiger partial charge in [0, 0.05) is 22.8 Å². The van der Waals surface area contributed by atoms with Gasteiger partial charge in [-0.2, -0.15) is 0 Å². The minimum absolute atomic E-state index is 0.0807. The molecule has 1 N–H and O–H groups in total. The predicted octanol–water partition coefficient (Wildman–Crippen LogP) is 5.18. The molecule has 0 radical (unpaired) electrons. The van der Waals surface area contributed by atoms with Crippen LogP contribution in [0.25, 0.3) is 22.4 Å². The standard InChI is InChI=1S/C27H31N5O2/c1-18-8-10-31(11-9-18)17-26-29-30-27(34-26)23-15-32(24-7-5-4-6-22(23)24)16-25(33)28-21-13-19(2)12-20(3)14-21/h4-7,12-15,18H,8-11,16-17H2,1-3H3,(H,28,33). The zero-order valence-electron chi connectivity index (χ0n) is 20.0. The van der Waals surface area contributed by atoms with Crippen molar-refractivity contribution in [1.29, 1.82) is 0 Å². The first-order valence-electron chi connectivity index (χ1n) is 12.0. The summed E-state index contributed by atoms with van der Waals surface area (Å²) in [5, 5.41) is 12.7. The Bertz CT molecular complexity index is 1290. The van der Waals surface area contributed by atoms with Gasteiger partial charge in [-0.15, -0.1) is 10.2 Å². The summed E-state index contributed by atoms with van der Waals surface area (Å²) in [5.41, 5.74) is 4.86. The molecule has 0 aliphatic carbocycles. The van der Waals surface area contributed by atoms with Crippen LogP contribution in [0.5, 0.6) is 0 Å². The summed E-state index contributed by atoms with van der Waals surface area (Å²) in [6.07, 6.45) is 4.35. The van der Waals surface area contributed by atoms with Crippen molar-refractivity contribution < 1.29 is 9.21 Å². The molecule has 1 amide bonds. The van der Waals surface area contributed by atoms with Crippen LogP contribution in [0.15, 0.2) is 53.1 Å². The van der Waals surface area contributed by atoms with Crippen molar-refractivity contribution in [3.63, 3.8) is 0 Å². The number of piperidine rings is 1. The second-order valence-corrected chi connectivity index (χ2v) is 9.57. The van der Waals surface area contributed by atoms with Crippen molar-refractivity contribution in [2.75, 3.05) is 18.4 Å². The van der Waals surface area contributed by atoms with Crippen LogP contribution in [0.2, 0.25) is 0 Å². The zero-order valence-corrected chi connectivity index (χ0v) is 20.0. The summed E-state index contributed by atoms with van der Waals surface area (Å²) in [7, 11) is 0. The molecule has 0 atom stereocenters. The van der Waals surface area contributed by atoms with Crippen molar-refractivity contribution in [2.45, 2.75) is 46.7 Å². The third kappa shape index (κ3) is 4.89. The summed E-state index contributed by atoms with van der Waals surface area (Å²) in [4.78, 5) is 15.2. The van der Waals surface area contributed by atoms with Crippen LogP contribution in [0.1, 0.15) is 36.8 Å². The van der Waals surface area contributed by atoms with Gasteiger partial charge in [0.25, 0.3) is 0 Å². The van der Waals surface area contributed by atoms with E-state index in [-0.39, 0.29) is 12.5 Å². The van der Waals surface area contributed by atoms with E-state index in [2.05, 4.69) is 33.4 Å². The molecular weight excluding hydrogens is 426 g/mol. The van der Waals surface area contributed by atoms with Gasteiger partial charge in [-0.25, -0.2) is 0 Å². The third-order valence-electron chi connectivity index (χ3n) is 6.54. The fourth-order valence-corrected chi connectivity index (χ4v) is 4.79. The van der Waals surface area contributed by atoms with E-state index >= 15 is 0 Å². The normalized spacial score (nSPS) is 15.1. The molecule has 0 spiro atoms. The van der Waals surface area contributed by atoms with Gasteiger partial charge in [0.05, 0.1) is 12.1 Å². The number of aryl methyl sites for hydroxylation is 2. The highest BCUT2D eigenvalue weighted by atomic mass is 16.4. The Morgan fingerprint density at radius 3 is 2.59 bits per heavy atom. The second-order valence-electron chi connectivity index (χ2n) is 9.57. The third-order valence-corrected chi connectivity index (χ3v) is 6.54. The van der Waals surface area contributed by atoms with E-state index in [4.69, 9.17) is 4.42 Å². The molecule has 4 aromatic rings. The van der Waals surface area contributed by atoms with E-state index in [0.29, 0.717) is 18.3 Å². The molecule has 7 nitrogen and oxygen atoms in total. The van der Waals surface area contributed by atoms with Gasteiger partial charge in [-0.1, -0.05) is 31.2 Å². The molecule has 34 heavy (non-hydrogen) atoms. The highest BCUT2D eigenvalue weighted by molar-refractivity contribution is 5.96. The van der Waals surface area contributed by atoms with Crippen LogP contribution in [0.3, 0.4) is 0 Å². The van der Waals surface area contributed by atoms with Crippen molar-refractivity contribution in [3.8, 4) is 11.5 Å². The molecule has 2 aromatic heterocycles. The summed E-state index contributed by atoms with van der Waals surface area (Å²) in [6.45, 7) is 9.36. The molecule has 3 heterocycles. The number of carbonyl (C=O) groups is 1. The lowest BCUT2D eigenvalue weighted by atomic mass is 9.99. The maximum atomic E-state index is 12.9. The number of benzene rings is 2. The Morgan fingerprint density at radius 2 is 1.82 bits per heavy atom. The molecule has 1 saturated heterocycles. The van der Waals surface area contributed by atoms with Crippen LogP contribution in [0.4, 0.5) is 5.69 Å². The van der Waals surface area contributed by atoms with Crippen LogP contribution in [-0.2, 0) is 17.9 Å². The molecule has 7 heteroatoms. The van der Waals surface area contributed by atoms with Crippen molar-refractivity contribution >= 4 is 22.5 Å². The van der Waals surface area contributed by atoms with Gasteiger partial charge in [0.2, 0.25) is 17.7 Å². The summed E-state index contributed by atoms with van der Waals surface area (Å²) in [5.74, 6) is 1.83. The van der Waals surface area contributed by atoms with Crippen molar-refractivity contribution in [3.05, 3.63) is 65.7 Å². The molecule has 1 aliphatic heterocycles. The Labute approximate surface area is 199 Å². The highest BCUT2D eigenvalue weighted by Crippen LogP contribution is 2.30. The molecule has 0 unspecified atom stereocenters. The van der Waals surface area contributed by atoms with E-state index in [1.165, 1.54) is 12.8 Å². The summed E-state index contributed by atoms with van der Waals surface area (Å²) in [6, 6.07) is 14.0. The second kappa shape index (κ2) is 9.43. The number of hydrogen-bond acceptors (Lipinski definition) is 5. The topological polar surface area (TPSA) is 76.2 Å². The first-order valence-corrected chi connectivity index (χ1v) is 12.0. The summed E-state index contributed by atoms with van der Waals surface area (Å²) < 4.78 is 8.01. The molecule has 0 bridgehead atoms. The Kier molecular flexibility index (Phi) is 6.20. The Hall–Kier alpha value is -3.45. The minimum atomic E-state index is -0.0807. The maximum absolute atomic E-state index is 12.9. The monoisotopic (exact) mass is 457 g/mol. The van der Waals surface area contributed by atoms with E-state index in [1.807, 2.05) is 61.0 Å². The highest BCUT2D eigenvalue weighted by Gasteiger charge is 2.20. The van der Waals surface area contributed by atoms with Crippen molar-refractivity contribution in [1.82, 2.24) is 19.7 Å². The predicted molar refractivity (Wildman–Crippen MR) is 133 cm³/mol. The smallest absolute Gasteiger partial charge is 0.249 e. The molecule has 0 saturated carbocycles. The van der Waals surface area contributed by atoms with Gasteiger partial charge >= 0.3 is 0 Å². The number of hydrogen-bond donors (Lipinski definition) is 1. The van der Waals surface area contributed by atoms with Crippen molar-refractivity contribution in [2.24, 2.45) is 5.92 Å². The number of amides is 1. The largest absolute Gasteiger partial charge is 0.419 e. The van der Waals surface area contributed by atoms with Crippen LogP contribution < -0.4 is 5.32 Å². The number of nitrogens with one attached hydrogen (secondary N) is 1. The van der Waals surface area contributed by atoms with Gasteiger partial charge in [-0.05, 0) is 75.0 Å². The fraction of sp³-hybridized carbons (Fsp3) is 0.370. The molecule has 176 valence electrons. The van der Waals surface area contributed by atoms with Crippen LogP contribution in [-0.4, -0.2) is 38.7 Å². The first kappa shape index (κ1) is 22.3. The minimum Gasteiger partial charge on any atom is -0.419 e. The molecule has 1 fully saturated rings. The van der Waals surface area contributed by atoms with E-state index in [1.54, 1.807) is 0 Å². The number of likely N-dealkylation sites (tertiary alicyclic amines) is 1. The van der Waals surface area contributed by atoms with Gasteiger partial charge in [0.15, 0.2) is 0 Å². The lowest BCUT2D eigenvalue weighted by Crippen LogP contribution is -2.32. The maximum Gasteiger partial charge on any atom is 0.249 e. The Balaban J connectivity index is 1.35. The number of nitrogens with zero attached hydrogens (tertiary/aromatic N) is 4. The van der Waals surface area contributed by atoms with Crippen LogP contribution in [0, 0.1) is 19.8 Å². The first-order chi connectivity index (χ1) is 16.4. The molecule has 5 rings (SSSR count). The zero-order chi connectivity index (χ0) is 23.7. The van der Waals surface area contributed by atoms with Gasteiger partial charge < -0.3 is 14.3 Å². The number of para-hydroxylation sites is 1. The van der Waals surface area contributed by atoms with E-state index in [9.17, 15) is 4.79 Å². The number of fused-ring (bicyclic) bond motifs is 1. The Morgan fingerprint density at radius 1 is 1.09 bits per heavy atom. The van der Waals surface area contributed by atoms with Gasteiger partial charge in [0.1, 0.15) is 6.54 Å². The number of carbonyl (C=O) groups excluding carboxylic acids is 1. The SMILES string of the molecule is Cc1cc(C)cc(NC(=O)Cn2cc(-c3nnc(CN4CCC(C)CC4)o3)c3ccccc32)c1. The van der Waals surface area contributed by atoms with Gasteiger partial charge in [-0.3, -0.25) is 9.69 Å². The number of aromatic nitrogens is 3. The number of anilines is 1. The average molecular weight is 458 g/mol.